The Kier molecular flexibility index (Phi) is 4.27. The van der Waals surface area contributed by atoms with Crippen molar-refractivity contribution in [3.63, 3.8) is 0 Å². The fraction of sp³-hybridized carbons (Fsp3) is 0.133. The number of rotatable bonds is 3. The molecule has 0 atom stereocenters. The molecule has 19 heavy (non-hydrogen) atoms. The summed E-state index contributed by atoms with van der Waals surface area (Å²) in [4.78, 5) is 12.5. The van der Waals surface area contributed by atoms with Crippen molar-refractivity contribution in [3.05, 3.63) is 62.6 Å². The number of carbonyl (C=O) groups is 1. The minimum atomic E-state index is -0.0525. The van der Waals surface area contributed by atoms with Crippen molar-refractivity contribution in [2.75, 3.05) is 7.11 Å². The molecule has 4 heteroatoms. The maximum Gasteiger partial charge on any atom is 0.193 e. The molecule has 0 heterocycles. The summed E-state index contributed by atoms with van der Waals surface area (Å²) in [6.07, 6.45) is 0. The van der Waals surface area contributed by atoms with Crippen LogP contribution in [-0.4, -0.2) is 12.9 Å². The second-order valence-electron chi connectivity index (χ2n) is 4.17. The Morgan fingerprint density at radius 1 is 1.21 bits per heavy atom. The average molecular weight is 340 g/mol. The lowest BCUT2D eigenvalue weighted by molar-refractivity contribution is 0.103. The molecule has 2 aromatic rings. The number of hydrogen-bond donors (Lipinski definition) is 0. The molecule has 0 radical (unpaired) electrons. The molecule has 2 aromatic carbocycles. The molecule has 0 bridgehead atoms. The molecular formula is C15H12BrClO2. The third-order valence-electron chi connectivity index (χ3n) is 2.80. The quantitative estimate of drug-likeness (QED) is 0.761. The Balaban J connectivity index is 2.44. The molecule has 2 nitrogen and oxygen atoms in total. The van der Waals surface area contributed by atoms with Crippen LogP contribution in [0.4, 0.5) is 0 Å². The largest absolute Gasteiger partial charge is 0.497 e. The number of ketones is 1. The SMILES string of the molecule is COc1ccc(C(=O)c2cc(Cl)cc(Br)c2)c(C)c1. The summed E-state index contributed by atoms with van der Waals surface area (Å²) < 4.78 is 5.92. The van der Waals surface area contributed by atoms with E-state index in [0.29, 0.717) is 16.1 Å². The predicted octanol–water partition coefficient (Wildman–Crippen LogP) is 4.65. The predicted molar refractivity (Wildman–Crippen MR) is 80.3 cm³/mol. The maximum atomic E-state index is 12.5. The Bertz CT molecular complexity index is 618. The van der Waals surface area contributed by atoms with E-state index in [1.165, 1.54) is 0 Å². The Labute approximate surface area is 125 Å². The number of methoxy groups -OCH3 is 1. The van der Waals surface area contributed by atoms with Gasteiger partial charge in [0.25, 0.3) is 0 Å². The Morgan fingerprint density at radius 2 is 1.95 bits per heavy atom. The maximum absolute atomic E-state index is 12.5. The van der Waals surface area contributed by atoms with Crippen molar-refractivity contribution in [1.82, 2.24) is 0 Å². The summed E-state index contributed by atoms with van der Waals surface area (Å²) in [5.41, 5.74) is 2.09. The van der Waals surface area contributed by atoms with Crippen LogP contribution in [0.2, 0.25) is 5.02 Å². The van der Waals surface area contributed by atoms with Gasteiger partial charge in [-0.1, -0.05) is 27.5 Å². The molecule has 0 aliphatic heterocycles. The molecule has 0 N–H and O–H groups in total. The molecule has 0 saturated heterocycles. The van der Waals surface area contributed by atoms with Gasteiger partial charge < -0.3 is 4.74 Å². The zero-order valence-corrected chi connectivity index (χ0v) is 12.9. The number of ether oxygens (including phenoxy) is 1. The highest BCUT2D eigenvalue weighted by Gasteiger charge is 2.13. The molecular weight excluding hydrogens is 328 g/mol. The lowest BCUT2D eigenvalue weighted by atomic mass is 9.99. The molecule has 2 rings (SSSR count). The van der Waals surface area contributed by atoms with E-state index in [-0.39, 0.29) is 5.78 Å². The van der Waals surface area contributed by atoms with Gasteiger partial charge in [-0.15, -0.1) is 0 Å². The molecule has 0 aromatic heterocycles. The molecule has 0 fully saturated rings. The first kappa shape index (κ1) is 14.1. The summed E-state index contributed by atoms with van der Waals surface area (Å²) in [6.45, 7) is 1.88. The highest BCUT2D eigenvalue weighted by molar-refractivity contribution is 9.10. The van der Waals surface area contributed by atoms with Crippen LogP contribution in [0.15, 0.2) is 40.9 Å². The number of benzene rings is 2. The third kappa shape index (κ3) is 3.17. The molecule has 0 aliphatic carbocycles. The van der Waals surface area contributed by atoms with Gasteiger partial charge in [-0.25, -0.2) is 0 Å². The van der Waals surface area contributed by atoms with Gasteiger partial charge in [-0.05, 0) is 48.9 Å². The van der Waals surface area contributed by atoms with Gasteiger partial charge in [0.1, 0.15) is 5.75 Å². The van der Waals surface area contributed by atoms with Crippen LogP contribution < -0.4 is 4.74 Å². The van der Waals surface area contributed by atoms with Gasteiger partial charge in [-0.2, -0.15) is 0 Å². The van der Waals surface area contributed by atoms with Gasteiger partial charge >= 0.3 is 0 Å². The van der Waals surface area contributed by atoms with Gasteiger partial charge in [-0.3, -0.25) is 4.79 Å². The fourth-order valence-corrected chi connectivity index (χ4v) is 2.72. The van der Waals surface area contributed by atoms with E-state index in [4.69, 9.17) is 16.3 Å². The van der Waals surface area contributed by atoms with E-state index in [9.17, 15) is 4.79 Å². The molecule has 98 valence electrons. The monoisotopic (exact) mass is 338 g/mol. The van der Waals surface area contributed by atoms with Crippen LogP contribution >= 0.6 is 27.5 Å². The summed E-state index contributed by atoms with van der Waals surface area (Å²) in [5.74, 6) is 0.685. The minimum Gasteiger partial charge on any atom is -0.497 e. The smallest absolute Gasteiger partial charge is 0.193 e. The highest BCUT2D eigenvalue weighted by Crippen LogP contribution is 2.24. The van der Waals surface area contributed by atoms with Gasteiger partial charge in [0.15, 0.2) is 5.78 Å². The number of halogens is 2. The highest BCUT2D eigenvalue weighted by atomic mass is 79.9. The minimum absolute atomic E-state index is 0.0525. The van der Waals surface area contributed by atoms with Crippen molar-refractivity contribution in [2.45, 2.75) is 6.92 Å². The van der Waals surface area contributed by atoms with Crippen LogP contribution in [0.25, 0.3) is 0 Å². The van der Waals surface area contributed by atoms with Crippen LogP contribution in [0.1, 0.15) is 21.5 Å². The summed E-state index contributed by atoms with van der Waals surface area (Å²) >= 11 is 9.31. The molecule has 0 spiro atoms. The van der Waals surface area contributed by atoms with Crippen LogP contribution in [-0.2, 0) is 0 Å². The van der Waals surface area contributed by atoms with Crippen molar-refractivity contribution in [2.24, 2.45) is 0 Å². The first-order valence-corrected chi connectivity index (χ1v) is 6.84. The molecule has 0 saturated carbocycles. The standard InChI is InChI=1S/C15H12BrClO2/c1-9-5-13(19-2)3-4-14(9)15(18)10-6-11(16)8-12(17)7-10/h3-8H,1-2H3. The van der Waals surface area contributed by atoms with Crippen molar-refractivity contribution in [3.8, 4) is 5.75 Å². The van der Waals surface area contributed by atoms with Crippen LogP contribution in [0.3, 0.4) is 0 Å². The zero-order chi connectivity index (χ0) is 14.0. The van der Waals surface area contributed by atoms with Gasteiger partial charge in [0.2, 0.25) is 0 Å². The Morgan fingerprint density at radius 3 is 2.53 bits per heavy atom. The van der Waals surface area contributed by atoms with E-state index < -0.39 is 0 Å². The van der Waals surface area contributed by atoms with Gasteiger partial charge in [0, 0.05) is 20.6 Å². The van der Waals surface area contributed by atoms with Crippen molar-refractivity contribution in [1.29, 1.82) is 0 Å². The summed E-state index contributed by atoms with van der Waals surface area (Å²) in [5, 5.41) is 0.531. The van der Waals surface area contributed by atoms with E-state index >= 15 is 0 Å². The summed E-state index contributed by atoms with van der Waals surface area (Å²) in [7, 11) is 1.60. The van der Waals surface area contributed by atoms with E-state index in [2.05, 4.69) is 15.9 Å². The van der Waals surface area contributed by atoms with Gasteiger partial charge in [0.05, 0.1) is 7.11 Å². The number of hydrogen-bond acceptors (Lipinski definition) is 2. The second-order valence-corrected chi connectivity index (χ2v) is 5.52. The lowest BCUT2D eigenvalue weighted by Crippen LogP contribution is -2.04. The van der Waals surface area contributed by atoms with E-state index in [0.717, 1.165) is 15.8 Å². The number of carbonyl (C=O) groups excluding carboxylic acids is 1. The zero-order valence-electron chi connectivity index (χ0n) is 10.5. The van der Waals surface area contributed by atoms with Crippen molar-refractivity contribution < 1.29 is 9.53 Å². The number of aryl methyl sites for hydroxylation is 1. The van der Waals surface area contributed by atoms with E-state index in [1.807, 2.05) is 13.0 Å². The normalized spacial score (nSPS) is 10.3. The average Bonchev–Trinajstić information content (AvgIpc) is 2.36. The third-order valence-corrected chi connectivity index (χ3v) is 3.48. The van der Waals surface area contributed by atoms with Crippen LogP contribution in [0.5, 0.6) is 5.75 Å². The Hall–Kier alpha value is -1.32. The summed E-state index contributed by atoms with van der Waals surface area (Å²) in [6, 6.07) is 10.6. The fourth-order valence-electron chi connectivity index (χ4n) is 1.86. The first-order chi connectivity index (χ1) is 9.01. The topological polar surface area (TPSA) is 26.3 Å². The molecule has 0 unspecified atom stereocenters. The molecule has 0 aliphatic rings. The lowest BCUT2D eigenvalue weighted by Gasteiger charge is -2.08. The van der Waals surface area contributed by atoms with Crippen LogP contribution in [0, 0.1) is 6.92 Å². The molecule has 0 amide bonds. The first-order valence-electron chi connectivity index (χ1n) is 5.66. The van der Waals surface area contributed by atoms with Crippen molar-refractivity contribution >= 4 is 33.3 Å². The van der Waals surface area contributed by atoms with E-state index in [1.54, 1.807) is 37.4 Å². The second kappa shape index (κ2) is 5.76.